The molecule has 5 heteroatoms. The number of anilines is 2. The Balaban J connectivity index is 2.12. The summed E-state index contributed by atoms with van der Waals surface area (Å²) in [6.07, 6.45) is 2.54. The highest BCUT2D eigenvalue weighted by Gasteiger charge is 2.23. The van der Waals surface area contributed by atoms with Crippen molar-refractivity contribution in [3.05, 3.63) is 23.8 Å². The fourth-order valence-corrected chi connectivity index (χ4v) is 2.52. The normalized spacial score (nSPS) is 14.0. The third-order valence-corrected chi connectivity index (χ3v) is 3.54. The number of benzene rings is 1. The Morgan fingerprint density at radius 1 is 1.38 bits per heavy atom. The number of methoxy groups -OCH3 is 1. The molecule has 1 aromatic rings. The number of rotatable bonds is 6. The molecule has 1 aliphatic rings. The van der Waals surface area contributed by atoms with Crippen LogP contribution in [0.15, 0.2) is 18.2 Å². The molecule has 0 fully saturated rings. The summed E-state index contributed by atoms with van der Waals surface area (Å²) in [5, 5.41) is 2.86. The van der Waals surface area contributed by atoms with Gasteiger partial charge in [-0.25, -0.2) is 0 Å². The number of aryl methyl sites for hydroxylation is 1. The minimum Gasteiger partial charge on any atom is -0.384 e. The van der Waals surface area contributed by atoms with E-state index in [1.807, 2.05) is 23.1 Å². The molecule has 2 amide bonds. The summed E-state index contributed by atoms with van der Waals surface area (Å²) >= 11 is 0. The number of hydrogen-bond donors (Lipinski definition) is 1. The molecule has 0 aromatic heterocycles. The second-order valence-corrected chi connectivity index (χ2v) is 5.18. The maximum Gasteiger partial charge on any atom is 0.227 e. The highest BCUT2D eigenvalue weighted by molar-refractivity contribution is 5.97. The Morgan fingerprint density at radius 3 is 2.90 bits per heavy atom. The Morgan fingerprint density at radius 2 is 2.19 bits per heavy atom. The van der Waals surface area contributed by atoms with Crippen molar-refractivity contribution in [2.75, 3.05) is 30.5 Å². The van der Waals surface area contributed by atoms with Crippen molar-refractivity contribution >= 4 is 23.2 Å². The first kappa shape index (κ1) is 15.5. The zero-order valence-electron chi connectivity index (χ0n) is 12.6. The molecule has 2 rings (SSSR count). The van der Waals surface area contributed by atoms with Crippen LogP contribution in [0.25, 0.3) is 0 Å². The van der Waals surface area contributed by atoms with Crippen molar-refractivity contribution in [2.24, 2.45) is 0 Å². The second-order valence-electron chi connectivity index (χ2n) is 5.18. The van der Waals surface area contributed by atoms with Crippen LogP contribution in [-0.4, -0.2) is 32.1 Å². The molecule has 0 saturated heterocycles. The van der Waals surface area contributed by atoms with Crippen LogP contribution in [0.4, 0.5) is 11.4 Å². The largest absolute Gasteiger partial charge is 0.384 e. The van der Waals surface area contributed by atoms with E-state index in [4.69, 9.17) is 4.74 Å². The molecule has 0 atom stereocenters. The standard InChI is InChI=1S/C16H22N2O3/c1-3-9-18-14-6-5-13(17-15(19)8-10-21-2)11-12(14)4-7-16(18)20/h5-6,11H,3-4,7-10H2,1-2H3,(H,17,19). The number of carbonyl (C=O) groups is 2. The van der Waals surface area contributed by atoms with E-state index in [1.165, 1.54) is 0 Å². The van der Waals surface area contributed by atoms with Crippen LogP contribution in [0.3, 0.4) is 0 Å². The van der Waals surface area contributed by atoms with E-state index in [9.17, 15) is 9.59 Å². The first-order valence-electron chi connectivity index (χ1n) is 7.37. The molecule has 0 saturated carbocycles. The number of amides is 2. The van der Waals surface area contributed by atoms with E-state index in [0.29, 0.717) is 19.4 Å². The third kappa shape index (κ3) is 3.82. The van der Waals surface area contributed by atoms with Crippen LogP contribution in [0.5, 0.6) is 0 Å². The minimum atomic E-state index is -0.0610. The molecule has 5 nitrogen and oxygen atoms in total. The zero-order valence-corrected chi connectivity index (χ0v) is 12.6. The molecule has 0 aliphatic carbocycles. The molecule has 1 aliphatic heterocycles. The van der Waals surface area contributed by atoms with Crippen molar-refractivity contribution in [1.29, 1.82) is 0 Å². The molecule has 114 valence electrons. The SMILES string of the molecule is CCCN1C(=O)CCc2cc(NC(=O)CCOC)ccc21. The molecule has 1 N–H and O–H groups in total. The number of ether oxygens (including phenoxy) is 1. The lowest BCUT2D eigenvalue weighted by molar-refractivity contribution is -0.119. The van der Waals surface area contributed by atoms with Crippen molar-refractivity contribution < 1.29 is 14.3 Å². The van der Waals surface area contributed by atoms with Gasteiger partial charge in [-0.2, -0.15) is 0 Å². The predicted octanol–water partition coefficient (Wildman–Crippen LogP) is 2.35. The van der Waals surface area contributed by atoms with Gasteiger partial charge in [0.05, 0.1) is 13.0 Å². The van der Waals surface area contributed by atoms with Crippen LogP contribution in [0.2, 0.25) is 0 Å². The van der Waals surface area contributed by atoms with E-state index < -0.39 is 0 Å². The summed E-state index contributed by atoms with van der Waals surface area (Å²) in [4.78, 5) is 25.5. The number of nitrogens with zero attached hydrogens (tertiary/aromatic N) is 1. The van der Waals surface area contributed by atoms with Crippen LogP contribution in [0.1, 0.15) is 31.7 Å². The molecule has 1 aromatic carbocycles. The molecule has 0 unspecified atom stereocenters. The van der Waals surface area contributed by atoms with Crippen LogP contribution >= 0.6 is 0 Å². The Kier molecular flexibility index (Phi) is 5.33. The number of carbonyl (C=O) groups excluding carboxylic acids is 2. The van der Waals surface area contributed by atoms with Crippen molar-refractivity contribution in [3.63, 3.8) is 0 Å². The number of fused-ring (bicyclic) bond motifs is 1. The summed E-state index contributed by atoms with van der Waals surface area (Å²) in [6.45, 7) is 3.22. The van der Waals surface area contributed by atoms with Gasteiger partial charge in [0.1, 0.15) is 0 Å². The first-order chi connectivity index (χ1) is 10.2. The smallest absolute Gasteiger partial charge is 0.227 e. The molecule has 0 spiro atoms. The highest BCUT2D eigenvalue weighted by atomic mass is 16.5. The van der Waals surface area contributed by atoms with Crippen LogP contribution in [-0.2, 0) is 20.7 Å². The summed E-state index contributed by atoms with van der Waals surface area (Å²) < 4.78 is 4.89. The summed E-state index contributed by atoms with van der Waals surface area (Å²) in [5.74, 6) is 0.121. The van der Waals surface area contributed by atoms with Gasteiger partial charge in [0, 0.05) is 31.5 Å². The van der Waals surface area contributed by atoms with Crippen molar-refractivity contribution in [3.8, 4) is 0 Å². The maximum atomic E-state index is 12.0. The van der Waals surface area contributed by atoms with Crippen LogP contribution < -0.4 is 10.2 Å². The van der Waals surface area contributed by atoms with E-state index >= 15 is 0 Å². The minimum absolute atomic E-state index is 0.0610. The number of hydrogen-bond acceptors (Lipinski definition) is 3. The van der Waals surface area contributed by atoms with Gasteiger partial charge in [-0.05, 0) is 36.6 Å². The molecule has 21 heavy (non-hydrogen) atoms. The lowest BCUT2D eigenvalue weighted by Gasteiger charge is -2.29. The second kappa shape index (κ2) is 7.22. The Labute approximate surface area is 125 Å². The third-order valence-electron chi connectivity index (χ3n) is 3.54. The van der Waals surface area contributed by atoms with E-state index in [-0.39, 0.29) is 11.8 Å². The van der Waals surface area contributed by atoms with Gasteiger partial charge >= 0.3 is 0 Å². The topological polar surface area (TPSA) is 58.6 Å². The lowest BCUT2D eigenvalue weighted by Crippen LogP contribution is -2.35. The molecular weight excluding hydrogens is 268 g/mol. The van der Waals surface area contributed by atoms with Gasteiger partial charge in [0.15, 0.2) is 0 Å². The van der Waals surface area contributed by atoms with Crippen molar-refractivity contribution in [2.45, 2.75) is 32.6 Å². The van der Waals surface area contributed by atoms with E-state index in [2.05, 4.69) is 12.2 Å². The van der Waals surface area contributed by atoms with Gasteiger partial charge in [-0.1, -0.05) is 6.92 Å². The molecular formula is C16H22N2O3. The first-order valence-corrected chi connectivity index (χ1v) is 7.37. The fourth-order valence-electron chi connectivity index (χ4n) is 2.52. The summed E-state index contributed by atoms with van der Waals surface area (Å²) in [7, 11) is 1.57. The van der Waals surface area contributed by atoms with E-state index in [0.717, 1.165) is 36.3 Å². The monoisotopic (exact) mass is 290 g/mol. The Hall–Kier alpha value is -1.88. The van der Waals surface area contributed by atoms with Crippen LogP contribution in [0, 0.1) is 0 Å². The lowest BCUT2D eigenvalue weighted by atomic mass is 10.00. The Bertz CT molecular complexity index is 528. The van der Waals surface area contributed by atoms with Gasteiger partial charge in [0.2, 0.25) is 11.8 Å². The average Bonchev–Trinajstić information content (AvgIpc) is 2.48. The molecule has 0 radical (unpaired) electrons. The summed E-state index contributed by atoms with van der Waals surface area (Å²) in [5.41, 5.74) is 2.87. The highest BCUT2D eigenvalue weighted by Crippen LogP contribution is 2.30. The predicted molar refractivity (Wildman–Crippen MR) is 82.5 cm³/mol. The van der Waals surface area contributed by atoms with Gasteiger partial charge in [-0.15, -0.1) is 0 Å². The van der Waals surface area contributed by atoms with Gasteiger partial charge in [0.25, 0.3) is 0 Å². The van der Waals surface area contributed by atoms with Gasteiger partial charge in [-0.3, -0.25) is 9.59 Å². The quantitative estimate of drug-likeness (QED) is 0.875. The fraction of sp³-hybridized carbons (Fsp3) is 0.500. The van der Waals surface area contributed by atoms with E-state index in [1.54, 1.807) is 7.11 Å². The summed E-state index contributed by atoms with van der Waals surface area (Å²) in [6, 6.07) is 5.74. The maximum absolute atomic E-state index is 12.0. The average molecular weight is 290 g/mol. The van der Waals surface area contributed by atoms with Crippen molar-refractivity contribution in [1.82, 2.24) is 0 Å². The molecule has 1 heterocycles. The van der Waals surface area contributed by atoms with Gasteiger partial charge < -0.3 is 15.0 Å². The molecule has 0 bridgehead atoms. The zero-order chi connectivity index (χ0) is 15.2. The number of nitrogens with one attached hydrogen (secondary N) is 1.